The van der Waals surface area contributed by atoms with Crippen LogP contribution in [-0.2, 0) is 23.4 Å². The first-order valence-corrected chi connectivity index (χ1v) is 19.4. The second-order valence-electron chi connectivity index (χ2n) is 13.5. The van der Waals surface area contributed by atoms with Crippen LogP contribution in [0.25, 0.3) is 0 Å². The van der Waals surface area contributed by atoms with E-state index in [9.17, 15) is 9.90 Å². The van der Waals surface area contributed by atoms with E-state index in [1.807, 2.05) is 17.1 Å². The van der Waals surface area contributed by atoms with E-state index < -0.39 is 14.4 Å². The Morgan fingerprint density at radius 2 is 1.49 bits per heavy atom. The summed E-state index contributed by atoms with van der Waals surface area (Å²) in [5.74, 6) is 0.243. The van der Waals surface area contributed by atoms with Gasteiger partial charge in [0, 0.05) is 5.92 Å². The maximum absolute atomic E-state index is 12.2. The number of esters is 1. The van der Waals surface area contributed by atoms with Gasteiger partial charge in [0.05, 0.1) is 50.2 Å². The molecule has 0 spiro atoms. The Morgan fingerprint density at radius 1 is 0.902 bits per heavy atom. The molecule has 0 amide bonds. The van der Waals surface area contributed by atoms with Gasteiger partial charge in [-0.1, -0.05) is 90.1 Å². The molecule has 8 atom stereocenters. The van der Waals surface area contributed by atoms with Crippen molar-refractivity contribution in [2.45, 2.75) is 160 Å². The van der Waals surface area contributed by atoms with E-state index in [4.69, 9.17) is 18.6 Å². The highest BCUT2D eigenvalue weighted by molar-refractivity contribution is 14.1. The third-order valence-electron chi connectivity index (χ3n) is 9.29. The van der Waals surface area contributed by atoms with Gasteiger partial charge in [0.15, 0.2) is 0 Å². The molecule has 0 aromatic rings. The predicted molar refractivity (Wildman–Crippen MR) is 179 cm³/mol. The number of allylic oxidation sites excluding steroid dienone is 1. The van der Waals surface area contributed by atoms with Crippen LogP contribution in [0.2, 0.25) is 16.6 Å². The van der Waals surface area contributed by atoms with Gasteiger partial charge < -0.3 is 23.7 Å². The van der Waals surface area contributed by atoms with E-state index in [0.717, 1.165) is 44.9 Å². The molecule has 2 aliphatic rings. The molecule has 2 heterocycles. The third kappa shape index (κ3) is 11.3. The highest BCUT2D eigenvalue weighted by atomic mass is 127. The van der Waals surface area contributed by atoms with Crippen LogP contribution in [0.4, 0.5) is 0 Å². The van der Waals surface area contributed by atoms with E-state index in [0.29, 0.717) is 22.5 Å². The highest BCUT2D eigenvalue weighted by Crippen LogP contribution is 2.45. The van der Waals surface area contributed by atoms with Crippen molar-refractivity contribution < 1.29 is 28.5 Å². The fraction of sp³-hybridized carbons (Fsp3) is 0.848. The topological polar surface area (TPSA) is 74.2 Å². The minimum atomic E-state index is -2.06. The number of hydrogen-bond donors (Lipinski definition) is 1. The van der Waals surface area contributed by atoms with Crippen LogP contribution in [0.15, 0.2) is 22.3 Å². The average Bonchev–Trinajstić information content (AvgIpc) is 2.89. The van der Waals surface area contributed by atoms with Crippen molar-refractivity contribution in [2.24, 2.45) is 11.8 Å². The van der Waals surface area contributed by atoms with Crippen LogP contribution >= 0.6 is 22.6 Å². The van der Waals surface area contributed by atoms with Crippen molar-refractivity contribution in [3.63, 3.8) is 0 Å². The summed E-state index contributed by atoms with van der Waals surface area (Å²) in [6.45, 7) is 18.2. The van der Waals surface area contributed by atoms with Gasteiger partial charge in [-0.25, -0.2) is 0 Å². The zero-order valence-corrected chi connectivity index (χ0v) is 30.3. The predicted octanol–water partition coefficient (Wildman–Crippen LogP) is 8.51. The van der Waals surface area contributed by atoms with Gasteiger partial charge in [-0.15, -0.1) is 0 Å². The van der Waals surface area contributed by atoms with Crippen molar-refractivity contribution in [3.05, 3.63) is 22.3 Å². The molecule has 1 unspecified atom stereocenters. The first kappa shape index (κ1) is 36.9. The Kier molecular flexibility index (Phi) is 16.1. The number of aliphatic hydroxyl groups is 1. The van der Waals surface area contributed by atoms with Crippen LogP contribution < -0.4 is 0 Å². The number of methoxy groups -OCH3 is 1. The van der Waals surface area contributed by atoms with Gasteiger partial charge in [-0.05, 0) is 77.6 Å². The molecule has 0 aromatic carbocycles. The van der Waals surface area contributed by atoms with Gasteiger partial charge in [0.2, 0.25) is 8.32 Å². The molecule has 0 aromatic heterocycles. The molecule has 6 nitrogen and oxygen atoms in total. The summed E-state index contributed by atoms with van der Waals surface area (Å²) in [5, 5.41) is 10.2. The molecule has 0 saturated carbocycles. The average molecular weight is 707 g/mol. The maximum Gasteiger partial charge on any atom is 0.308 e. The Bertz CT molecular complexity index is 809. The minimum Gasteiger partial charge on any atom is -0.469 e. The van der Waals surface area contributed by atoms with Crippen molar-refractivity contribution in [1.29, 1.82) is 0 Å². The van der Waals surface area contributed by atoms with Gasteiger partial charge in [-0.2, -0.15) is 0 Å². The van der Waals surface area contributed by atoms with Crippen molar-refractivity contribution in [2.75, 3.05) is 7.11 Å². The molecule has 2 aliphatic heterocycles. The van der Waals surface area contributed by atoms with Crippen LogP contribution in [0.1, 0.15) is 107 Å². The maximum atomic E-state index is 12.2. The third-order valence-corrected chi connectivity index (χ3v) is 15.9. The first-order valence-electron chi connectivity index (χ1n) is 16.0. The summed E-state index contributed by atoms with van der Waals surface area (Å²) < 4.78 is 27.3. The number of carbonyl (C=O) groups is 1. The van der Waals surface area contributed by atoms with Crippen LogP contribution in [0.5, 0.6) is 0 Å². The largest absolute Gasteiger partial charge is 0.469 e. The fourth-order valence-corrected chi connectivity index (χ4v) is 13.3. The molecule has 8 heteroatoms. The monoisotopic (exact) mass is 706 g/mol. The second-order valence-corrected chi connectivity index (χ2v) is 19.6. The number of rotatable bonds is 15. The highest BCUT2D eigenvalue weighted by Gasteiger charge is 2.48. The molecule has 2 saturated heterocycles. The van der Waals surface area contributed by atoms with Crippen LogP contribution in [0, 0.1) is 11.8 Å². The lowest BCUT2D eigenvalue weighted by molar-refractivity contribution is -0.154. The number of aliphatic hydroxyl groups excluding tert-OH is 1. The van der Waals surface area contributed by atoms with E-state index in [2.05, 4.69) is 83.2 Å². The summed E-state index contributed by atoms with van der Waals surface area (Å²) in [6.07, 6.45) is 13.0. The second kappa shape index (κ2) is 17.9. The van der Waals surface area contributed by atoms with Gasteiger partial charge in [-0.3, -0.25) is 4.79 Å². The van der Waals surface area contributed by atoms with E-state index >= 15 is 0 Å². The zero-order valence-electron chi connectivity index (χ0n) is 27.2. The smallest absolute Gasteiger partial charge is 0.308 e. The summed E-state index contributed by atoms with van der Waals surface area (Å²) in [5.41, 5.74) is 1.53. The molecular weight excluding hydrogens is 647 g/mol. The zero-order chi connectivity index (χ0) is 30.7. The van der Waals surface area contributed by atoms with Gasteiger partial charge >= 0.3 is 5.97 Å². The van der Waals surface area contributed by atoms with Gasteiger partial charge in [0.25, 0.3) is 0 Å². The summed E-state index contributed by atoms with van der Waals surface area (Å²) >= 11 is 2.14. The minimum absolute atomic E-state index is 0.0101. The lowest BCUT2D eigenvalue weighted by Gasteiger charge is -2.47. The lowest BCUT2D eigenvalue weighted by Crippen LogP contribution is -2.52. The Morgan fingerprint density at radius 3 is 2.07 bits per heavy atom. The first-order chi connectivity index (χ1) is 19.3. The Labute approximate surface area is 265 Å². The summed E-state index contributed by atoms with van der Waals surface area (Å²) in [4.78, 5) is 12.2. The van der Waals surface area contributed by atoms with E-state index in [1.165, 1.54) is 7.11 Å². The molecule has 1 N–H and O–H groups in total. The van der Waals surface area contributed by atoms with Crippen LogP contribution in [0.3, 0.4) is 0 Å². The quantitative estimate of drug-likeness (QED) is 0.0797. The van der Waals surface area contributed by atoms with Crippen molar-refractivity contribution in [1.82, 2.24) is 0 Å². The summed E-state index contributed by atoms with van der Waals surface area (Å²) in [7, 11) is -0.615. The van der Waals surface area contributed by atoms with E-state index in [-0.39, 0.29) is 48.8 Å². The van der Waals surface area contributed by atoms with Crippen LogP contribution in [-0.4, -0.2) is 63.1 Å². The summed E-state index contributed by atoms with van der Waals surface area (Å²) in [6, 6.07) is 0. The SMILES string of the molecule is COC(=O)C[C@@H]1C[C@H](O[Si](C(C)C)(C(C)C)C(C)C)CC(C[C@@H]2CCC[C@H](C[C@@H](C)/C=C/[C@H](C)[C@@H](O)/C=C/I)O2)O1. The molecule has 2 fully saturated rings. The molecular formula is C33H59IO6Si. The standard InChI is InChI=1S/C33H59IO6Si/c1-22(2)41(23(3)4,24(5)6)40-31-19-29(39-30(20-31)21-33(36)37-9)18-28-12-10-11-27(38-28)17-25(7)13-14-26(8)32(35)15-16-34/h13-16,22-32,35H,10-12,17-21H2,1-9H3/b14-13+,16-15+/t25-,26-,27+,28-,29?,30-,31+,32-/m0/s1. The number of ether oxygens (including phenoxy) is 3. The van der Waals surface area contributed by atoms with Gasteiger partial charge in [0.1, 0.15) is 0 Å². The normalized spacial score (nSPS) is 28.6. The molecule has 41 heavy (non-hydrogen) atoms. The number of hydrogen-bond acceptors (Lipinski definition) is 6. The van der Waals surface area contributed by atoms with Crippen molar-refractivity contribution in [3.8, 4) is 0 Å². The Balaban J connectivity index is 2.07. The fourth-order valence-electron chi connectivity index (χ4n) is 7.25. The molecule has 0 radical (unpaired) electrons. The van der Waals surface area contributed by atoms with Crippen molar-refractivity contribution >= 4 is 36.9 Å². The Hall–Kier alpha value is -0.263. The van der Waals surface area contributed by atoms with E-state index in [1.54, 1.807) is 0 Å². The molecule has 2 rings (SSSR count). The molecule has 0 aliphatic carbocycles. The molecule has 0 bridgehead atoms. The lowest BCUT2D eigenvalue weighted by atomic mass is 9.91. The molecule has 238 valence electrons. The number of carbonyl (C=O) groups excluding carboxylic acids is 1. The number of halogens is 1.